The van der Waals surface area contributed by atoms with Gasteiger partial charge in [0.05, 0.1) is 38.8 Å². The lowest BCUT2D eigenvalue weighted by atomic mass is 10.1. The van der Waals surface area contributed by atoms with Crippen LogP contribution in [0.1, 0.15) is 18.4 Å². The Labute approximate surface area is 177 Å². The average molecular weight is 435 g/mol. The lowest BCUT2D eigenvalue weighted by Crippen LogP contribution is -2.48. The van der Waals surface area contributed by atoms with Gasteiger partial charge in [0.15, 0.2) is 0 Å². The second-order valence-corrected chi connectivity index (χ2v) is 6.78. The Balaban J connectivity index is 1.63. The minimum Gasteiger partial charge on any atom is -0.464 e. The van der Waals surface area contributed by atoms with Crippen LogP contribution in [-0.4, -0.2) is 66.5 Å². The van der Waals surface area contributed by atoms with Crippen LogP contribution < -0.4 is 27.0 Å². The van der Waals surface area contributed by atoms with E-state index in [9.17, 15) is 24.0 Å². The van der Waals surface area contributed by atoms with E-state index >= 15 is 0 Å². The fourth-order valence-corrected chi connectivity index (χ4v) is 2.61. The fraction of sp³-hybridized carbons (Fsp3) is 0.421. The monoisotopic (exact) mass is 435 g/mol. The Hall–Kier alpha value is -3.51. The van der Waals surface area contributed by atoms with Crippen molar-refractivity contribution in [2.24, 2.45) is 5.73 Å². The van der Waals surface area contributed by atoms with E-state index in [1.165, 1.54) is 0 Å². The van der Waals surface area contributed by atoms with Crippen LogP contribution in [0.3, 0.4) is 0 Å². The van der Waals surface area contributed by atoms with Gasteiger partial charge >= 0.3 is 5.97 Å². The molecule has 0 aromatic heterocycles. The SMILES string of the molecule is N[C@@H](CC(=O)N[C@H]1CCOC1=O)C(=O)NCC(=O)NCC(=O)Nc1ccc(CO)cc1. The standard InChI is InChI=1S/C19H25N5O7/c20-13(7-15(26)24-14-5-6-31-19(14)30)18(29)22-8-16(27)21-9-17(28)23-12-3-1-11(10-25)2-4-12/h1-4,13-14,25H,5-10,20H2,(H,21,27)(H,22,29)(H,23,28)(H,24,26)/t13-,14-/m0/s1. The molecule has 1 aliphatic heterocycles. The van der Waals surface area contributed by atoms with Gasteiger partial charge in [-0.25, -0.2) is 4.79 Å². The topological polar surface area (TPSA) is 189 Å². The Morgan fingerprint density at radius 3 is 2.35 bits per heavy atom. The first-order valence-corrected chi connectivity index (χ1v) is 9.54. The van der Waals surface area contributed by atoms with Gasteiger partial charge in [-0.2, -0.15) is 0 Å². The summed E-state index contributed by atoms with van der Waals surface area (Å²) in [5, 5.41) is 18.6. The molecule has 1 saturated heterocycles. The van der Waals surface area contributed by atoms with Crippen molar-refractivity contribution < 1.29 is 33.8 Å². The average Bonchev–Trinajstić information content (AvgIpc) is 3.15. The van der Waals surface area contributed by atoms with E-state index in [2.05, 4.69) is 21.3 Å². The second kappa shape index (κ2) is 11.6. The zero-order chi connectivity index (χ0) is 22.8. The number of anilines is 1. The van der Waals surface area contributed by atoms with Crippen molar-refractivity contribution in [2.45, 2.75) is 31.5 Å². The number of hydrogen-bond donors (Lipinski definition) is 6. The summed E-state index contributed by atoms with van der Waals surface area (Å²) < 4.78 is 4.72. The molecule has 0 spiro atoms. The van der Waals surface area contributed by atoms with Gasteiger partial charge in [-0.3, -0.25) is 19.2 Å². The largest absolute Gasteiger partial charge is 0.464 e. The third kappa shape index (κ3) is 8.03. The molecule has 7 N–H and O–H groups in total. The van der Waals surface area contributed by atoms with Crippen LogP contribution in [0.5, 0.6) is 0 Å². The van der Waals surface area contributed by atoms with Gasteiger partial charge < -0.3 is 36.8 Å². The summed E-state index contributed by atoms with van der Waals surface area (Å²) in [6, 6.07) is 4.55. The number of carbonyl (C=O) groups is 5. The molecule has 12 nitrogen and oxygen atoms in total. The van der Waals surface area contributed by atoms with Crippen LogP contribution >= 0.6 is 0 Å². The highest BCUT2D eigenvalue weighted by molar-refractivity contribution is 5.96. The number of hydrogen-bond acceptors (Lipinski definition) is 8. The van der Waals surface area contributed by atoms with E-state index in [1.54, 1.807) is 24.3 Å². The molecule has 0 bridgehead atoms. The van der Waals surface area contributed by atoms with Crippen LogP contribution in [0.15, 0.2) is 24.3 Å². The Morgan fingerprint density at radius 1 is 1.06 bits per heavy atom. The number of esters is 1. The molecular weight excluding hydrogens is 410 g/mol. The van der Waals surface area contributed by atoms with E-state index in [0.29, 0.717) is 17.7 Å². The summed E-state index contributed by atoms with van der Waals surface area (Å²) in [4.78, 5) is 58.7. The maximum atomic E-state index is 11.9. The summed E-state index contributed by atoms with van der Waals surface area (Å²) >= 11 is 0. The lowest BCUT2D eigenvalue weighted by molar-refractivity contribution is -0.141. The molecule has 31 heavy (non-hydrogen) atoms. The number of aliphatic hydroxyl groups is 1. The molecule has 0 aliphatic carbocycles. The van der Waals surface area contributed by atoms with Gasteiger partial charge in [-0.1, -0.05) is 12.1 Å². The zero-order valence-corrected chi connectivity index (χ0v) is 16.7. The van der Waals surface area contributed by atoms with Crippen molar-refractivity contribution >= 4 is 35.3 Å². The van der Waals surface area contributed by atoms with Crippen LogP contribution in [0, 0.1) is 0 Å². The number of rotatable bonds is 10. The van der Waals surface area contributed by atoms with Gasteiger partial charge in [0, 0.05) is 12.1 Å². The van der Waals surface area contributed by atoms with Gasteiger partial charge in [-0.15, -0.1) is 0 Å². The first-order chi connectivity index (χ1) is 14.8. The van der Waals surface area contributed by atoms with Crippen molar-refractivity contribution in [3.8, 4) is 0 Å². The maximum Gasteiger partial charge on any atom is 0.328 e. The van der Waals surface area contributed by atoms with Gasteiger partial charge in [-0.05, 0) is 17.7 Å². The molecule has 1 fully saturated rings. The minimum atomic E-state index is -1.21. The number of amides is 4. The quantitative estimate of drug-likeness (QED) is 0.217. The van der Waals surface area contributed by atoms with E-state index in [4.69, 9.17) is 15.6 Å². The third-order valence-corrected chi connectivity index (χ3v) is 4.30. The number of nitrogens with one attached hydrogen (secondary N) is 4. The predicted octanol–water partition coefficient (Wildman–Crippen LogP) is -2.50. The molecule has 1 aromatic carbocycles. The normalized spacial score (nSPS) is 16.1. The number of carbonyl (C=O) groups excluding carboxylic acids is 5. The molecule has 0 radical (unpaired) electrons. The summed E-state index contributed by atoms with van der Waals surface area (Å²) in [5.74, 6) is -2.94. The summed E-state index contributed by atoms with van der Waals surface area (Å²) in [7, 11) is 0. The van der Waals surface area contributed by atoms with Gasteiger partial charge in [0.2, 0.25) is 23.6 Å². The molecule has 0 unspecified atom stereocenters. The second-order valence-electron chi connectivity index (χ2n) is 6.78. The molecule has 2 atom stereocenters. The molecule has 0 saturated carbocycles. The minimum absolute atomic E-state index is 0.112. The molecule has 168 valence electrons. The molecule has 4 amide bonds. The molecule has 1 aliphatic rings. The lowest BCUT2D eigenvalue weighted by Gasteiger charge is -2.14. The number of ether oxygens (including phenoxy) is 1. The molecule has 12 heteroatoms. The molecular formula is C19H25N5O7. The molecule has 1 heterocycles. The van der Waals surface area contributed by atoms with Crippen molar-refractivity contribution in [3.05, 3.63) is 29.8 Å². The third-order valence-electron chi connectivity index (χ3n) is 4.30. The summed E-state index contributed by atoms with van der Waals surface area (Å²) in [6.45, 7) is -0.636. The number of nitrogens with two attached hydrogens (primary N) is 1. The van der Waals surface area contributed by atoms with E-state index in [0.717, 1.165) is 0 Å². The van der Waals surface area contributed by atoms with Crippen LogP contribution in [-0.2, 0) is 35.3 Å². The molecule has 2 rings (SSSR count). The number of cyclic esters (lactones) is 1. The highest BCUT2D eigenvalue weighted by Crippen LogP contribution is 2.09. The van der Waals surface area contributed by atoms with Crippen molar-refractivity contribution in [1.82, 2.24) is 16.0 Å². The number of benzene rings is 1. The van der Waals surface area contributed by atoms with Crippen molar-refractivity contribution in [2.75, 3.05) is 25.0 Å². The first kappa shape index (κ1) is 23.8. The first-order valence-electron chi connectivity index (χ1n) is 9.54. The van der Waals surface area contributed by atoms with Crippen LogP contribution in [0.25, 0.3) is 0 Å². The maximum absolute atomic E-state index is 11.9. The number of aliphatic hydroxyl groups excluding tert-OH is 1. The highest BCUT2D eigenvalue weighted by Gasteiger charge is 2.29. The van der Waals surface area contributed by atoms with E-state index in [1.807, 2.05) is 0 Å². The van der Waals surface area contributed by atoms with Crippen molar-refractivity contribution in [1.29, 1.82) is 0 Å². The Kier molecular flexibility index (Phi) is 8.91. The van der Waals surface area contributed by atoms with Gasteiger partial charge in [0.25, 0.3) is 0 Å². The summed E-state index contributed by atoms with van der Waals surface area (Å²) in [6.07, 6.45) is -0.0115. The zero-order valence-electron chi connectivity index (χ0n) is 16.7. The van der Waals surface area contributed by atoms with E-state index in [-0.39, 0.29) is 26.2 Å². The highest BCUT2D eigenvalue weighted by atomic mass is 16.5. The Bertz CT molecular complexity index is 827. The predicted molar refractivity (Wildman–Crippen MR) is 107 cm³/mol. The Morgan fingerprint density at radius 2 is 1.74 bits per heavy atom. The fourth-order valence-electron chi connectivity index (χ4n) is 2.61. The van der Waals surface area contributed by atoms with Crippen LogP contribution in [0.4, 0.5) is 5.69 Å². The van der Waals surface area contributed by atoms with Crippen molar-refractivity contribution in [3.63, 3.8) is 0 Å². The smallest absolute Gasteiger partial charge is 0.328 e. The summed E-state index contributed by atoms with van der Waals surface area (Å²) in [5.41, 5.74) is 6.83. The van der Waals surface area contributed by atoms with E-state index < -0.39 is 48.2 Å². The van der Waals surface area contributed by atoms with Crippen LogP contribution in [0.2, 0.25) is 0 Å². The van der Waals surface area contributed by atoms with Gasteiger partial charge in [0.1, 0.15) is 6.04 Å². The molecule has 1 aromatic rings.